The predicted octanol–water partition coefficient (Wildman–Crippen LogP) is 2.47. The molecule has 80 valence electrons. The topological polar surface area (TPSA) is 33.6 Å². The normalized spacial score (nSPS) is 12.9. The van der Waals surface area contributed by atoms with Gasteiger partial charge in [0.2, 0.25) is 0 Å². The number of aliphatic imine (C=N–C) groups is 1. The van der Waals surface area contributed by atoms with Crippen LogP contribution in [0.2, 0.25) is 0 Å². The number of hydrogen-bond acceptors (Lipinski definition) is 3. The molecule has 0 bridgehead atoms. The van der Waals surface area contributed by atoms with Crippen molar-refractivity contribution in [1.29, 1.82) is 0 Å². The van der Waals surface area contributed by atoms with Crippen LogP contribution in [0, 0.1) is 0 Å². The van der Waals surface area contributed by atoms with Gasteiger partial charge in [0.05, 0.1) is 19.0 Å². The van der Waals surface area contributed by atoms with Crippen LogP contribution in [0.15, 0.2) is 29.2 Å². The van der Waals surface area contributed by atoms with Gasteiger partial charge in [0.15, 0.2) is 0 Å². The molecule has 0 rings (SSSR count). The molecule has 0 saturated heterocycles. The summed E-state index contributed by atoms with van der Waals surface area (Å²) in [5.41, 5.74) is 0.921. The summed E-state index contributed by atoms with van der Waals surface area (Å²) in [6, 6.07) is 0.359. The molecule has 0 saturated carbocycles. The van der Waals surface area contributed by atoms with Crippen LogP contribution in [0.4, 0.5) is 0 Å². The molecule has 0 aliphatic heterocycles. The van der Waals surface area contributed by atoms with Crippen molar-refractivity contribution in [2.75, 3.05) is 7.11 Å². The van der Waals surface area contributed by atoms with E-state index in [1.54, 1.807) is 13.3 Å². The number of rotatable bonds is 6. The molecule has 0 amide bonds. The van der Waals surface area contributed by atoms with Gasteiger partial charge in [0.25, 0.3) is 0 Å². The third-order valence-electron chi connectivity index (χ3n) is 1.62. The fourth-order valence-electron chi connectivity index (χ4n) is 1.07. The predicted molar refractivity (Wildman–Crippen MR) is 61.3 cm³/mol. The maximum atomic E-state index is 5.25. The maximum Gasteiger partial charge on any atom is 0.120 e. The number of nitrogens with one attached hydrogen (secondary N) is 1. The van der Waals surface area contributed by atoms with Gasteiger partial charge in [-0.1, -0.05) is 13.5 Å². The highest BCUT2D eigenvalue weighted by Crippen LogP contribution is 2.06. The Bertz CT molecular complexity index is 223. The second-order valence-corrected chi connectivity index (χ2v) is 3.15. The fraction of sp³-hybridized carbons (Fsp3) is 0.545. The summed E-state index contributed by atoms with van der Waals surface area (Å²) in [6.07, 6.45) is 4.08. The second-order valence-electron chi connectivity index (χ2n) is 3.15. The molecular weight excluding hydrogens is 176 g/mol. The summed E-state index contributed by atoms with van der Waals surface area (Å²) in [4.78, 5) is 3.98. The molecule has 0 aliphatic rings. The summed E-state index contributed by atoms with van der Waals surface area (Å²) in [5, 5.41) is 3.27. The third kappa shape index (κ3) is 4.70. The molecule has 0 atom stereocenters. The molecule has 14 heavy (non-hydrogen) atoms. The van der Waals surface area contributed by atoms with E-state index in [-0.39, 0.29) is 0 Å². The summed E-state index contributed by atoms with van der Waals surface area (Å²) in [7, 11) is 1.67. The lowest BCUT2D eigenvalue weighted by Gasteiger charge is -2.14. The van der Waals surface area contributed by atoms with Crippen LogP contribution in [-0.4, -0.2) is 19.4 Å². The van der Waals surface area contributed by atoms with Crippen LogP contribution in [0.3, 0.4) is 0 Å². The van der Waals surface area contributed by atoms with Crippen molar-refractivity contribution in [1.82, 2.24) is 5.32 Å². The molecule has 0 aliphatic carbocycles. The smallest absolute Gasteiger partial charge is 0.120 e. The highest BCUT2D eigenvalue weighted by atomic mass is 16.5. The van der Waals surface area contributed by atoms with Crippen molar-refractivity contribution < 1.29 is 4.74 Å². The molecule has 0 aromatic rings. The van der Waals surface area contributed by atoms with E-state index in [1.165, 1.54) is 6.20 Å². The number of methoxy groups -OCH3 is 1. The van der Waals surface area contributed by atoms with E-state index in [2.05, 4.69) is 30.7 Å². The van der Waals surface area contributed by atoms with E-state index in [1.807, 2.05) is 6.92 Å². The van der Waals surface area contributed by atoms with Crippen molar-refractivity contribution in [3.63, 3.8) is 0 Å². The van der Waals surface area contributed by atoms with E-state index in [4.69, 9.17) is 4.74 Å². The van der Waals surface area contributed by atoms with E-state index >= 15 is 0 Å². The van der Waals surface area contributed by atoms with Gasteiger partial charge >= 0.3 is 0 Å². The van der Waals surface area contributed by atoms with Gasteiger partial charge in [-0.25, -0.2) is 0 Å². The lowest BCUT2D eigenvalue weighted by atomic mass is 10.2. The highest BCUT2D eigenvalue weighted by molar-refractivity contribution is 5.78. The van der Waals surface area contributed by atoms with Gasteiger partial charge in [-0.05, 0) is 13.8 Å². The van der Waals surface area contributed by atoms with Gasteiger partial charge in [0, 0.05) is 18.7 Å². The zero-order chi connectivity index (χ0) is 11.0. The van der Waals surface area contributed by atoms with Crippen LogP contribution in [0.25, 0.3) is 0 Å². The van der Waals surface area contributed by atoms with E-state index in [0.717, 1.165) is 17.9 Å². The fourth-order valence-corrected chi connectivity index (χ4v) is 1.07. The maximum absolute atomic E-state index is 5.25. The van der Waals surface area contributed by atoms with E-state index in [0.29, 0.717) is 6.04 Å². The second kappa shape index (κ2) is 7.18. The molecular formula is C11H20N2O. The van der Waals surface area contributed by atoms with Crippen LogP contribution < -0.4 is 5.32 Å². The number of ether oxygens (including phenoxy) is 1. The van der Waals surface area contributed by atoms with Crippen LogP contribution in [0.1, 0.15) is 27.2 Å². The van der Waals surface area contributed by atoms with Gasteiger partial charge in [0.1, 0.15) is 5.76 Å². The van der Waals surface area contributed by atoms with Crippen molar-refractivity contribution in [2.24, 2.45) is 4.99 Å². The Morgan fingerprint density at radius 2 is 2.21 bits per heavy atom. The number of nitrogens with zero attached hydrogens (tertiary/aromatic N) is 1. The molecule has 3 heteroatoms. The SMILES string of the molecule is C=C/N=C\C(NC(C)C)=C(/CC)OC. The lowest BCUT2D eigenvalue weighted by molar-refractivity contribution is 0.274. The van der Waals surface area contributed by atoms with Crippen LogP contribution in [0.5, 0.6) is 0 Å². The molecule has 3 nitrogen and oxygen atoms in total. The first-order valence-electron chi connectivity index (χ1n) is 4.83. The minimum atomic E-state index is 0.359. The summed E-state index contributed by atoms with van der Waals surface area (Å²) in [6.45, 7) is 9.73. The Morgan fingerprint density at radius 3 is 2.57 bits per heavy atom. The average Bonchev–Trinajstić information content (AvgIpc) is 2.15. The Balaban J connectivity index is 4.75. The Hall–Kier alpha value is -1.25. The van der Waals surface area contributed by atoms with E-state index < -0.39 is 0 Å². The Morgan fingerprint density at radius 1 is 1.57 bits per heavy atom. The van der Waals surface area contributed by atoms with Crippen molar-refractivity contribution in [2.45, 2.75) is 33.2 Å². The van der Waals surface area contributed by atoms with Gasteiger partial charge in [-0.15, -0.1) is 0 Å². The van der Waals surface area contributed by atoms with Crippen LogP contribution in [-0.2, 0) is 4.74 Å². The van der Waals surface area contributed by atoms with Crippen LogP contribution >= 0.6 is 0 Å². The molecule has 0 aromatic heterocycles. The lowest BCUT2D eigenvalue weighted by Crippen LogP contribution is -2.24. The summed E-state index contributed by atoms with van der Waals surface area (Å²) < 4.78 is 5.25. The molecule has 0 spiro atoms. The van der Waals surface area contributed by atoms with Gasteiger partial charge in [-0.3, -0.25) is 4.99 Å². The molecule has 0 radical (unpaired) electrons. The summed E-state index contributed by atoms with van der Waals surface area (Å²) >= 11 is 0. The number of allylic oxidation sites excluding steroid dienone is 2. The Labute approximate surface area is 86.6 Å². The molecule has 1 N–H and O–H groups in total. The largest absolute Gasteiger partial charge is 0.499 e. The van der Waals surface area contributed by atoms with Crippen molar-refractivity contribution in [3.05, 3.63) is 24.2 Å². The first kappa shape index (κ1) is 12.8. The first-order chi connectivity index (χ1) is 6.65. The van der Waals surface area contributed by atoms with Crippen molar-refractivity contribution in [3.8, 4) is 0 Å². The molecule has 0 aromatic carbocycles. The molecule has 0 unspecified atom stereocenters. The zero-order valence-corrected chi connectivity index (χ0v) is 9.50. The minimum absolute atomic E-state index is 0.359. The number of hydrogen-bond donors (Lipinski definition) is 1. The van der Waals surface area contributed by atoms with E-state index in [9.17, 15) is 0 Å². The quantitative estimate of drug-likeness (QED) is 0.523. The van der Waals surface area contributed by atoms with Gasteiger partial charge in [-0.2, -0.15) is 0 Å². The van der Waals surface area contributed by atoms with Crippen molar-refractivity contribution >= 4 is 6.21 Å². The monoisotopic (exact) mass is 196 g/mol. The standard InChI is InChI=1S/C11H20N2O/c1-6-11(14-5)10(8-12-7-2)13-9(3)4/h7-9,13H,2,6H2,1,3-5H3/b11-10-,12-8-. The summed E-state index contributed by atoms with van der Waals surface area (Å²) in [5.74, 6) is 0.907. The first-order valence-corrected chi connectivity index (χ1v) is 4.83. The average molecular weight is 196 g/mol. The molecule has 0 fully saturated rings. The Kier molecular flexibility index (Phi) is 6.54. The minimum Gasteiger partial charge on any atom is -0.499 e. The zero-order valence-electron chi connectivity index (χ0n) is 9.50. The molecule has 0 heterocycles. The highest BCUT2D eigenvalue weighted by Gasteiger charge is 2.04. The third-order valence-corrected chi connectivity index (χ3v) is 1.62. The van der Waals surface area contributed by atoms with Gasteiger partial charge < -0.3 is 10.1 Å².